The van der Waals surface area contributed by atoms with Crippen molar-refractivity contribution in [3.05, 3.63) is 85.3 Å². The summed E-state index contributed by atoms with van der Waals surface area (Å²) in [5.41, 5.74) is 7.84. The summed E-state index contributed by atoms with van der Waals surface area (Å²) in [6.45, 7) is 4.30. The second-order valence-corrected chi connectivity index (χ2v) is 10.3. The minimum atomic E-state index is -0.299. The first-order valence-corrected chi connectivity index (χ1v) is 13.5. The van der Waals surface area contributed by atoms with Gasteiger partial charge in [0, 0.05) is 34.6 Å². The number of imidazole rings is 1. The quantitative estimate of drug-likeness (QED) is 0.209. The van der Waals surface area contributed by atoms with E-state index in [4.69, 9.17) is 4.98 Å². The van der Waals surface area contributed by atoms with Crippen LogP contribution in [0.4, 0.5) is 10.1 Å². The Bertz CT molecular complexity index is 1860. The van der Waals surface area contributed by atoms with Gasteiger partial charge in [-0.25, -0.2) is 14.4 Å². The number of nitrogens with one attached hydrogen (secondary N) is 3. The Labute approximate surface area is 229 Å². The van der Waals surface area contributed by atoms with Gasteiger partial charge >= 0.3 is 0 Å². The van der Waals surface area contributed by atoms with Crippen molar-refractivity contribution >= 4 is 27.8 Å². The van der Waals surface area contributed by atoms with Gasteiger partial charge in [-0.1, -0.05) is 38.0 Å². The van der Waals surface area contributed by atoms with E-state index in [0.717, 1.165) is 50.2 Å². The molecule has 0 atom stereocenters. The molecule has 0 radical (unpaired) electrons. The van der Waals surface area contributed by atoms with Crippen LogP contribution in [0.25, 0.3) is 56.0 Å². The Hall–Kier alpha value is -4.92. The Balaban J connectivity index is 1.23. The standard InChI is InChI=1S/C31H27FN8/c1-18(19-6-3-2-4-7-19)36-23-13-21(15-33-16-23)26-14-25-27(17-35-26)39-40-29(25)31-37-28-24(10-11-34-30(28)38-31)20-8-5-9-22(32)12-20/h5,8-17,19,36H,1-4,6-7H2,(H,39,40)(H,34,37,38). The summed E-state index contributed by atoms with van der Waals surface area (Å²) in [6.07, 6.45) is 13.3. The van der Waals surface area contributed by atoms with Crippen LogP contribution in [0.3, 0.4) is 0 Å². The summed E-state index contributed by atoms with van der Waals surface area (Å²) in [5, 5.41) is 11.9. The number of rotatable bonds is 6. The molecule has 0 bridgehead atoms. The van der Waals surface area contributed by atoms with E-state index in [2.05, 4.69) is 42.0 Å². The van der Waals surface area contributed by atoms with Gasteiger partial charge in [-0.2, -0.15) is 5.10 Å². The van der Waals surface area contributed by atoms with Gasteiger partial charge in [0.15, 0.2) is 11.5 Å². The van der Waals surface area contributed by atoms with Crippen LogP contribution < -0.4 is 5.32 Å². The zero-order valence-electron chi connectivity index (χ0n) is 21.8. The van der Waals surface area contributed by atoms with Crippen LogP contribution in [0.1, 0.15) is 32.1 Å². The third-order valence-corrected chi connectivity index (χ3v) is 7.64. The van der Waals surface area contributed by atoms with Crippen molar-refractivity contribution in [2.24, 2.45) is 5.92 Å². The zero-order chi connectivity index (χ0) is 27.1. The van der Waals surface area contributed by atoms with Gasteiger partial charge in [0.1, 0.15) is 11.5 Å². The fourth-order valence-electron chi connectivity index (χ4n) is 5.56. The van der Waals surface area contributed by atoms with Crippen LogP contribution in [0.2, 0.25) is 0 Å². The molecular formula is C31H27FN8. The van der Waals surface area contributed by atoms with Crippen molar-refractivity contribution < 1.29 is 4.39 Å². The molecule has 1 saturated carbocycles. The number of pyridine rings is 3. The lowest BCUT2D eigenvalue weighted by molar-refractivity contribution is 0.405. The summed E-state index contributed by atoms with van der Waals surface area (Å²) in [5.74, 6) is 0.764. The number of anilines is 1. The van der Waals surface area contributed by atoms with Gasteiger partial charge in [-0.05, 0) is 54.7 Å². The van der Waals surface area contributed by atoms with Gasteiger partial charge in [0.25, 0.3) is 0 Å². The smallest absolute Gasteiger partial charge is 0.178 e. The highest BCUT2D eigenvalue weighted by Gasteiger charge is 2.19. The molecule has 40 heavy (non-hydrogen) atoms. The predicted octanol–water partition coefficient (Wildman–Crippen LogP) is 7.27. The lowest BCUT2D eigenvalue weighted by Crippen LogP contribution is -2.14. The van der Waals surface area contributed by atoms with Gasteiger partial charge < -0.3 is 10.3 Å². The van der Waals surface area contributed by atoms with E-state index in [9.17, 15) is 4.39 Å². The molecule has 9 heteroatoms. The molecule has 198 valence electrons. The first-order chi connectivity index (χ1) is 19.6. The van der Waals surface area contributed by atoms with Crippen LogP contribution in [-0.4, -0.2) is 35.1 Å². The van der Waals surface area contributed by atoms with Crippen molar-refractivity contribution in [1.82, 2.24) is 35.1 Å². The minimum absolute atomic E-state index is 0.299. The van der Waals surface area contributed by atoms with Crippen LogP contribution in [0.15, 0.2) is 79.5 Å². The fourth-order valence-corrected chi connectivity index (χ4v) is 5.56. The molecule has 6 aromatic rings. The maximum absolute atomic E-state index is 13.9. The van der Waals surface area contributed by atoms with E-state index >= 15 is 0 Å². The first-order valence-electron chi connectivity index (χ1n) is 13.5. The average Bonchev–Trinajstić information content (AvgIpc) is 3.61. The molecule has 1 aromatic carbocycles. The van der Waals surface area contributed by atoms with Gasteiger partial charge in [-0.15, -0.1) is 0 Å². The van der Waals surface area contributed by atoms with E-state index in [-0.39, 0.29) is 5.82 Å². The van der Waals surface area contributed by atoms with E-state index < -0.39 is 0 Å². The van der Waals surface area contributed by atoms with Crippen molar-refractivity contribution in [3.8, 4) is 33.9 Å². The molecule has 1 fully saturated rings. The summed E-state index contributed by atoms with van der Waals surface area (Å²) < 4.78 is 13.9. The molecule has 0 aliphatic heterocycles. The monoisotopic (exact) mass is 530 g/mol. The third kappa shape index (κ3) is 4.49. The SMILES string of the molecule is C=C(Nc1cncc(-c2cc3c(-c4nc5nccc(-c6cccc(F)c6)c5[nH]4)n[nH]c3cn2)c1)C1CCCCC1. The van der Waals surface area contributed by atoms with E-state index in [1.165, 1.54) is 44.2 Å². The maximum Gasteiger partial charge on any atom is 0.178 e. The maximum atomic E-state index is 13.9. The number of hydrogen-bond donors (Lipinski definition) is 3. The molecule has 5 heterocycles. The summed E-state index contributed by atoms with van der Waals surface area (Å²) in [6, 6.07) is 12.4. The summed E-state index contributed by atoms with van der Waals surface area (Å²) >= 11 is 0. The van der Waals surface area contributed by atoms with E-state index in [1.54, 1.807) is 24.7 Å². The molecule has 3 N–H and O–H groups in total. The number of aromatic nitrogens is 7. The number of aromatic amines is 2. The van der Waals surface area contributed by atoms with Gasteiger partial charge in [0.05, 0.1) is 34.8 Å². The Morgan fingerprint density at radius 1 is 0.975 bits per heavy atom. The highest BCUT2D eigenvalue weighted by molar-refractivity contribution is 5.96. The van der Waals surface area contributed by atoms with Gasteiger partial charge in [-0.3, -0.25) is 15.1 Å². The highest BCUT2D eigenvalue weighted by Crippen LogP contribution is 2.33. The number of nitrogens with zero attached hydrogens (tertiary/aromatic N) is 5. The summed E-state index contributed by atoms with van der Waals surface area (Å²) in [7, 11) is 0. The first kappa shape index (κ1) is 24.1. The van der Waals surface area contributed by atoms with Crippen molar-refractivity contribution in [1.29, 1.82) is 0 Å². The molecule has 0 unspecified atom stereocenters. The Morgan fingerprint density at radius 2 is 1.88 bits per heavy atom. The number of benzene rings is 1. The van der Waals surface area contributed by atoms with E-state index in [1.807, 2.05) is 30.5 Å². The topological polar surface area (TPSA) is 108 Å². The van der Waals surface area contributed by atoms with Crippen LogP contribution in [0.5, 0.6) is 0 Å². The van der Waals surface area contributed by atoms with Crippen LogP contribution >= 0.6 is 0 Å². The zero-order valence-corrected chi connectivity index (χ0v) is 21.8. The molecular weight excluding hydrogens is 503 g/mol. The van der Waals surface area contributed by atoms with E-state index in [0.29, 0.717) is 23.1 Å². The number of fused-ring (bicyclic) bond motifs is 2. The average molecular weight is 531 g/mol. The predicted molar refractivity (Wildman–Crippen MR) is 155 cm³/mol. The van der Waals surface area contributed by atoms with Crippen LogP contribution in [0, 0.1) is 11.7 Å². The molecule has 8 nitrogen and oxygen atoms in total. The van der Waals surface area contributed by atoms with Crippen molar-refractivity contribution in [3.63, 3.8) is 0 Å². The Kier molecular flexibility index (Phi) is 6.03. The second-order valence-electron chi connectivity index (χ2n) is 10.3. The lowest BCUT2D eigenvalue weighted by Gasteiger charge is -2.24. The number of hydrogen-bond acceptors (Lipinski definition) is 6. The second kappa shape index (κ2) is 10.00. The Morgan fingerprint density at radius 3 is 2.75 bits per heavy atom. The molecule has 1 aliphatic rings. The number of halogens is 1. The molecule has 7 rings (SSSR count). The molecule has 5 aromatic heterocycles. The molecule has 0 amide bonds. The van der Waals surface area contributed by atoms with Crippen molar-refractivity contribution in [2.75, 3.05) is 5.32 Å². The van der Waals surface area contributed by atoms with Gasteiger partial charge in [0.2, 0.25) is 0 Å². The highest BCUT2D eigenvalue weighted by atomic mass is 19.1. The normalized spacial score (nSPS) is 14.1. The lowest BCUT2D eigenvalue weighted by atomic mass is 9.87. The van der Waals surface area contributed by atoms with Crippen LogP contribution in [-0.2, 0) is 0 Å². The number of allylic oxidation sites excluding steroid dienone is 1. The fraction of sp³-hybridized carbons (Fsp3) is 0.194. The largest absolute Gasteiger partial charge is 0.358 e. The van der Waals surface area contributed by atoms with Crippen molar-refractivity contribution in [2.45, 2.75) is 32.1 Å². The summed E-state index contributed by atoms with van der Waals surface area (Å²) in [4.78, 5) is 21.6. The minimum Gasteiger partial charge on any atom is -0.358 e. The molecule has 0 spiro atoms. The third-order valence-electron chi connectivity index (χ3n) is 7.64. The molecule has 1 aliphatic carbocycles. The number of H-pyrrole nitrogens is 2. The molecule has 0 saturated heterocycles.